The van der Waals surface area contributed by atoms with Gasteiger partial charge in [0, 0.05) is 17.3 Å². The van der Waals surface area contributed by atoms with E-state index in [0.717, 1.165) is 11.1 Å². The van der Waals surface area contributed by atoms with E-state index < -0.39 is 4.92 Å². The van der Waals surface area contributed by atoms with E-state index in [1.165, 1.54) is 0 Å². The van der Waals surface area contributed by atoms with E-state index in [-0.39, 0.29) is 23.3 Å². The lowest BCUT2D eigenvalue weighted by Crippen LogP contribution is -2.10. The first-order valence-corrected chi connectivity index (χ1v) is 8.44. The summed E-state index contributed by atoms with van der Waals surface area (Å²) in [5, 5.41) is 18.0. The van der Waals surface area contributed by atoms with Crippen LogP contribution in [-0.4, -0.2) is 14.9 Å². The number of nitrogens with zero attached hydrogens (tertiary/aromatic N) is 3. The molecule has 0 saturated carbocycles. The smallest absolute Gasteiger partial charge is 0.353 e. The number of nitro groups is 1. The van der Waals surface area contributed by atoms with E-state index in [2.05, 4.69) is 20.6 Å². The zero-order valence-electron chi connectivity index (χ0n) is 14.4. The molecule has 2 aromatic carbocycles. The van der Waals surface area contributed by atoms with Crippen LogP contribution < -0.4 is 16.4 Å². The summed E-state index contributed by atoms with van der Waals surface area (Å²) >= 11 is 5.87. The lowest BCUT2D eigenvalue weighted by atomic mass is 10.2. The van der Waals surface area contributed by atoms with Crippen LogP contribution in [0.1, 0.15) is 11.1 Å². The fourth-order valence-corrected chi connectivity index (χ4v) is 2.50. The van der Waals surface area contributed by atoms with Gasteiger partial charge in [-0.25, -0.2) is 0 Å². The van der Waals surface area contributed by atoms with Crippen LogP contribution >= 0.6 is 11.6 Å². The van der Waals surface area contributed by atoms with Gasteiger partial charge in [-0.05, 0) is 36.8 Å². The Bertz CT molecular complexity index is 961. The molecule has 1 heterocycles. The molecule has 0 spiro atoms. The van der Waals surface area contributed by atoms with Crippen LogP contribution in [0.15, 0.2) is 48.5 Å². The molecule has 0 saturated heterocycles. The van der Waals surface area contributed by atoms with Crippen LogP contribution in [0.5, 0.6) is 0 Å². The Morgan fingerprint density at radius 1 is 1.11 bits per heavy atom. The molecule has 0 fully saturated rings. The molecular formula is C18H17ClN6O2. The van der Waals surface area contributed by atoms with Crippen LogP contribution in [0.3, 0.4) is 0 Å². The number of nitrogen functional groups attached to an aromatic ring is 1. The van der Waals surface area contributed by atoms with Gasteiger partial charge < -0.3 is 16.4 Å². The molecule has 0 atom stereocenters. The normalized spacial score (nSPS) is 10.4. The number of halogens is 1. The number of aromatic nitrogens is 2. The highest BCUT2D eigenvalue weighted by Gasteiger charge is 2.23. The fraction of sp³-hybridized carbons (Fsp3) is 0.111. The second-order valence-corrected chi connectivity index (χ2v) is 6.29. The third-order valence-electron chi connectivity index (χ3n) is 3.77. The number of rotatable bonds is 6. The first kappa shape index (κ1) is 18.4. The average molecular weight is 385 g/mol. The second-order valence-electron chi connectivity index (χ2n) is 5.86. The number of anilines is 4. The van der Waals surface area contributed by atoms with E-state index in [0.29, 0.717) is 17.3 Å². The van der Waals surface area contributed by atoms with Crippen molar-refractivity contribution in [2.24, 2.45) is 0 Å². The molecule has 0 aliphatic carbocycles. The van der Waals surface area contributed by atoms with Crippen molar-refractivity contribution in [3.8, 4) is 0 Å². The SMILES string of the molecule is Cc1ccc(Nc2nc(NCc3ccc(Cl)cc3)nc(N)c2[N+](=O)[O-])cc1. The summed E-state index contributed by atoms with van der Waals surface area (Å²) in [5.74, 6) is -0.0131. The highest BCUT2D eigenvalue weighted by molar-refractivity contribution is 6.30. The fourth-order valence-electron chi connectivity index (χ4n) is 2.38. The van der Waals surface area contributed by atoms with E-state index in [9.17, 15) is 10.1 Å². The maximum atomic E-state index is 11.4. The highest BCUT2D eigenvalue weighted by Crippen LogP contribution is 2.31. The van der Waals surface area contributed by atoms with E-state index in [4.69, 9.17) is 17.3 Å². The molecule has 3 aromatic rings. The number of aryl methyl sites for hydroxylation is 1. The molecule has 3 rings (SSSR count). The maximum absolute atomic E-state index is 11.4. The maximum Gasteiger partial charge on any atom is 0.353 e. The van der Waals surface area contributed by atoms with E-state index in [1.54, 1.807) is 24.3 Å². The van der Waals surface area contributed by atoms with Crippen molar-refractivity contribution in [2.45, 2.75) is 13.5 Å². The minimum Gasteiger partial charge on any atom is -0.378 e. The topological polar surface area (TPSA) is 119 Å². The van der Waals surface area contributed by atoms with Crippen LogP contribution in [0, 0.1) is 17.0 Å². The average Bonchev–Trinajstić information content (AvgIpc) is 2.62. The number of hydrogen-bond donors (Lipinski definition) is 3. The summed E-state index contributed by atoms with van der Waals surface area (Å²) in [6.45, 7) is 2.37. The van der Waals surface area contributed by atoms with Crippen molar-refractivity contribution < 1.29 is 4.92 Å². The van der Waals surface area contributed by atoms with Gasteiger partial charge in [0.1, 0.15) is 0 Å². The Balaban J connectivity index is 1.86. The monoisotopic (exact) mass is 384 g/mol. The third-order valence-corrected chi connectivity index (χ3v) is 4.02. The molecule has 0 aliphatic heterocycles. The van der Waals surface area contributed by atoms with Gasteiger partial charge in [0.05, 0.1) is 4.92 Å². The van der Waals surface area contributed by atoms with Crippen LogP contribution in [0.2, 0.25) is 5.02 Å². The van der Waals surface area contributed by atoms with Gasteiger partial charge in [0.15, 0.2) is 0 Å². The molecule has 4 N–H and O–H groups in total. The molecule has 8 nitrogen and oxygen atoms in total. The molecular weight excluding hydrogens is 368 g/mol. The molecule has 27 heavy (non-hydrogen) atoms. The van der Waals surface area contributed by atoms with E-state index in [1.807, 2.05) is 31.2 Å². The molecule has 0 unspecified atom stereocenters. The third kappa shape index (κ3) is 4.62. The van der Waals surface area contributed by atoms with Crippen molar-refractivity contribution in [3.05, 3.63) is 74.8 Å². The van der Waals surface area contributed by atoms with Crippen molar-refractivity contribution >= 4 is 40.6 Å². The first-order valence-electron chi connectivity index (χ1n) is 8.06. The predicted octanol–water partition coefficient (Wildman–Crippen LogP) is 4.28. The Hall–Kier alpha value is -3.39. The van der Waals surface area contributed by atoms with Crippen molar-refractivity contribution in [1.82, 2.24) is 9.97 Å². The Labute approximate surface area is 160 Å². The molecule has 0 amide bonds. The largest absolute Gasteiger partial charge is 0.378 e. The number of hydrogen-bond acceptors (Lipinski definition) is 7. The van der Waals surface area contributed by atoms with Gasteiger partial charge in [-0.15, -0.1) is 0 Å². The summed E-state index contributed by atoms with van der Waals surface area (Å²) in [7, 11) is 0. The highest BCUT2D eigenvalue weighted by atomic mass is 35.5. The summed E-state index contributed by atoms with van der Waals surface area (Å²) in [4.78, 5) is 19.0. The summed E-state index contributed by atoms with van der Waals surface area (Å²) in [6, 6.07) is 14.6. The standard InChI is InChI=1S/C18H17ClN6O2/c1-11-2-8-14(9-3-11)22-17-15(25(26)27)16(20)23-18(24-17)21-10-12-4-6-13(19)7-5-12/h2-9H,10H2,1H3,(H4,20,21,22,23,24). The van der Waals surface area contributed by atoms with Gasteiger partial charge in [-0.2, -0.15) is 9.97 Å². The molecule has 0 radical (unpaired) electrons. The minimum atomic E-state index is -0.602. The predicted molar refractivity (Wildman–Crippen MR) is 106 cm³/mol. The molecule has 1 aromatic heterocycles. The quantitative estimate of drug-likeness (QED) is 0.428. The molecule has 138 valence electrons. The molecule has 0 aliphatic rings. The zero-order valence-corrected chi connectivity index (χ0v) is 15.2. The molecule has 9 heteroatoms. The summed E-state index contributed by atoms with van der Waals surface area (Å²) < 4.78 is 0. The van der Waals surface area contributed by atoms with Gasteiger partial charge in [0.25, 0.3) is 0 Å². The Kier molecular flexibility index (Phi) is 5.37. The van der Waals surface area contributed by atoms with Crippen molar-refractivity contribution in [2.75, 3.05) is 16.4 Å². The number of nitrogens with two attached hydrogens (primary N) is 1. The Morgan fingerprint density at radius 2 is 1.78 bits per heavy atom. The first-order chi connectivity index (χ1) is 12.9. The van der Waals surface area contributed by atoms with E-state index >= 15 is 0 Å². The Morgan fingerprint density at radius 3 is 2.41 bits per heavy atom. The zero-order chi connectivity index (χ0) is 19.4. The summed E-state index contributed by atoms with van der Waals surface area (Å²) in [6.07, 6.45) is 0. The van der Waals surface area contributed by atoms with Crippen molar-refractivity contribution in [3.63, 3.8) is 0 Å². The van der Waals surface area contributed by atoms with Gasteiger partial charge in [-0.3, -0.25) is 10.1 Å². The minimum absolute atomic E-state index is 0.0231. The lowest BCUT2D eigenvalue weighted by molar-refractivity contribution is -0.383. The van der Waals surface area contributed by atoms with Crippen LogP contribution in [0.25, 0.3) is 0 Å². The van der Waals surface area contributed by atoms with Gasteiger partial charge in [0.2, 0.25) is 17.6 Å². The van der Waals surface area contributed by atoms with Gasteiger partial charge in [-0.1, -0.05) is 41.4 Å². The van der Waals surface area contributed by atoms with Gasteiger partial charge >= 0.3 is 5.69 Å². The number of nitrogens with one attached hydrogen (secondary N) is 2. The number of benzene rings is 2. The second kappa shape index (κ2) is 7.88. The van der Waals surface area contributed by atoms with Crippen LogP contribution in [0.4, 0.5) is 29.0 Å². The van der Waals surface area contributed by atoms with Crippen LogP contribution in [-0.2, 0) is 6.54 Å². The molecule has 0 bridgehead atoms. The van der Waals surface area contributed by atoms with Crippen molar-refractivity contribution in [1.29, 1.82) is 0 Å². The summed E-state index contributed by atoms with van der Waals surface area (Å²) in [5.41, 5.74) is 8.11. The lowest BCUT2D eigenvalue weighted by Gasteiger charge is -2.11.